The first-order valence-corrected chi connectivity index (χ1v) is 10.1. The van der Waals surface area contributed by atoms with Gasteiger partial charge in [0.25, 0.3) is 0 Å². The predicted octanol–water partition coefficient (Wildman–Crippen LogP) is 3.38. The summed E-state index contributed by atoms with van der Waals surface area (Å²) in [6.45, 7) is 7.84. The Balaban J connectivity index is 2.02. The fraction of sp³-hybridized carbons (Fsp3) is 0.474. The Labute approximate surface area is 151 Å². The quantitative estimate of drug-likeness (QED) is 0.781. The average molecular weight is 362 g/mol. The summed E-state index contributed by atoms with van der Waals surface area (Å²) in [5, 5.41) is 2.83. The number of nitrogens with zero attached hydrogens (tertiary/aromatic N) is 1. The molecule has 0 fully saturated rings. The highest BCUT2D eigenvalue weighted by atomic mass is 32.2. The molecule has 0 aliphatic rings. The minimum absolute atomic E-state index is 0.0167. The summed E-state index contributed by atoms with van der Waals surface area (Å²) in [4.78, 5) is 16.3. The Morgan fingerprint density at radius 2 is 1.96 bits per heavy atom. The van der Waals surface area contributed by atoms with Gasteiger partial charge in [0.15, 0.2) is 0 Å². The predicted molar refractivity (Wildman–Crippen MR) is 101 cm³/mol. The number of hydrogen-bond donors (Lipinski definition) is 1. The molecule has 6 heteroatoms. The molecule has 2 aromatic rings. The SMILES string of the molecule is CCc1ccc(-c2nc(C[S@@](=O)CC(=O)N[C@@H](C)CC)c(C)o2)cc1. The Bertz CT molecular complexity index is 738. The van der Waals surface area contributed by atoms with Crippen LogP contribution in [0, 0.1) is 6.92 Å². The normalized spacial score (nSPS) is 13.4. The van der Waals surface area contributed by atoms with Gasteiger partial charge in [-0.15, -0.1) is 0 Å². The van der Waals surface area contributed by atoms with E-state index < -0.39 is 10.8 Å². The van der Waals surface area contributed by atoms with Gasteiger partial charge < -0.3 is 9.73 Å². The van der Waals surface area contributed by atoms with Gasteiger partial charge in [-0.05, 0) is 44.4 Å². The molecule has 25 heavy (non-hydrogen) atoms. The molecule has 2 atom stereocenters. The lowest BCUT2D eigenvalue weighted by Crippen LogP contribution is -2.35. The van der Waals surface area contributed by atoms with Crippen molar-refractivity contribution in [2.45, 2.75) is 52.3 Å². The van der Waals surface area contributed by atoms with Crippen LogP contribution in [-0.4, -0.2) is 26.9 Å². The second-order valence-electron chi connectivity index (χ2n) is 6.18. The number of amides is 1. The van der Waals surface area contributed by atoms with Crippen LogP contribution in [0.3, 0.4) is 0 Å². The second-order valence-corrected chi connectivity index (χ2v) is 7.63. The molecule has 0 bridgehead atoms. The van der Waals surface area contributed by atoms with Crippen molar-refractivity contribution in [2.24, 2.45) is 0 Å². The summed E-state index contributed by atoms with van der Waals surface area (Å²) in [7, 11) is -1.31. The summed E-state index contributed by atoms with van der Waals surface area (Å²) in [6.07, 6.45) is 1.83. The van der Waals surface area contributed by atoms with E-state index in [9.17, 15) is 9.00 Å². The van der Waals surface area contributed by atoms with E-state index in [1.165, 1.54) is 5.56 Å². The van der Waals surface area contributed by atoms with E-state index in [-0.39, 0.29) is 23.5 Å². The van der Waals surface area contributed by atoms with Crippen molar-refractivity contribution in [3.63, 3.8) is 0 Å². The van der Waals surface area contributed by atoms with Crippen LogP contribution in [0.25, 0.3) is 11.5 Å². The molecule has 0 saturated carbocycles. The highest BCUT2D eigenvalue weighted by molar-refractivity contribution is 7.84. The van der Waals surface area contributed by atoms with E-state index >= 15 is 0 Å². The molecule has 1 N–H and O–H groups in total. The molecular formula is C19H26N2O3S. The zero-order valence-corrected chi connectivity index (χ0v) is 16.1. The molecule has 0 spiro atoms. The zero-order chi connectivity index (χ0) is 18.4. The van der Waals surface area contributed by atoms with Crippen LogP contribution >= 0.6 is 0 Å². The van der Waals surface area contributed by atoms with Crippen molar-refractivity contribution >= 4 is 16.7 Å². The number of benzene rings is 1. The average Bonchev–Trinajstić information content (AvgIpc) is 2.95. The first-order chi connectivity index (χ1) is 11.9. The Kier molecular flexibility index (Phi) is 6.93. The molecule has 136 valence electrons. The van der Waals surface area contributed by atoms with Gasteiger partial charge in [-0.1, -0.05) is 26.0 Å². The van der Waals surface area contributed by atoms with E-state index in [0.29, 0.717) is 17.3 Å². The van der Waals surface area contributed by atoms with Gasteiger partial charge in [-0.25, -0.2) is 4.98 Å². The van der Waals surface area contributed by atoms with Crippen molar-refractivity contribution in [3.8, 4) is 11.5 Å². The topological polar surface area (TPSA) is 72.2 Å². The summed E-state index contributed by atoms with van der Waals surface area (Å²) >= 11 is 0. The van der Waals surface area contributed by atoms with Gasteiger partial charge in [-0.3, -0.25) is 9.00 Å². The summed E-state index contributed by atoms with van der Waals surface area (Å²) in [6, 6.07) is 8.14. The van der Waals surface area contributed by atoms with E-state index in [4.69, 9.17) is 4.42 Å². The van der Waals surface area contributed by atoms with Crippen LogP contribution in [0.4, 0.5) is 0 Å². The highest BCUT2D eigenvalue weighted by Gasteiger charge is 2.16. The Morgan fingerprint density at radius 3 is 2.56 bits per heavy atom. The summed E-state index contributed by atoms with van der Waals surface area (Å²) in [5.74, 6) is 1.18. The molecule has 0 aliphatic heterocycles. The van der Waals surface area contributed by atoms with E-state index in [1.54, 1.807) is 0 Å². The lowest BCUT2D eigenvalue weighted by atomic mass is 10.1. The highest BCUT2D eigenvalue weighted by Crippen LogP contribution is 2.23. The number of hydrogen-bond acceptors (Lipinski definition) is 4. The van der Waals surface area contributed by atoms with Gasteiger partial charge in [0.1, 0.15) is 11.5 Å². The Hall–Kier alpha value is -1.95. The molecule has 2 rings (SSSR count). The third-order valence-corrected chi connectivity index (χ3v) is 5.29. The van der Waals surface area contributed by atoms with Gasteiger partial charge in [-0.2, -0.15) is 0 Å². The molecule has 1 heterocycles. The third-order valence-electron chi connectivity index (χ3n) is 4.11. The van der Waals surface area contributed by atoms with Crippen molar-refractivity contribution in [3.05, 3.63) is 41.3 Å². The van der Waals surface area contributed by atoms with Gasteiger partial charge in [0.05, 0.1) is 11.4 Å². The number of carbonyl (C=O) groups excluding carboxylic acids is 1. The van der Waals surface area contributed by atoms with Crippen LogP contribution in [0.5, 0.6) is 0 Å². The number of carbonyl (C=O) groups is 1. The van der Waals surface area contributed by atoms with Crippen molar-refractivity contribution in [1.29, 1.82) is 0 Å². The standard InChI is InChI=1S/C19H26N2O3S/c1-5-13(3)20-18(22)12-25(23)11-17-14(4)24-19(21-17)16-9-7-15(6-2)8-10-16/h7-10,13H,5-6,11-12H2,1-4H3,(H,20,22)/t13-,25+/m0/s1. The maximum atomic E-state index is 12.2. The van der Waals surface area contributed by atoms with Crippen LogP contribution < -0.4 is 5.32 Å². The molecule has 5 nitrogen and oxygen atoms in total. The third kappa shape index (κ3) is 5.53. The maximum absolute atomic E-state index is 12.2. The summed E-state index contributed by atoms with van der Waals surface area (Å²) < 4.78 is 18.0. The van der Waals surface area contributed by atoms with Crippen LogP contribution in [0.15, 0.2) is 28.7 Å². The van der Waals surface area contributed by atoms with Crippen molar-refractivity contribution in [1.82, 2.24) is 10.3 Å². The molecular weight excluding hydrogens is 336 g/mol. The number of nitrogens with one attached hydrogen (secondary N) is 1. The lowest BCUT2D eigenvalue weighted by molar-refractivity contribution is -0.119. The first kappa shape index (κ1) is 19.4. The number of oxazole rings is 1. The van der Waals surface area contributed by atoms with Gasteiger partial charge in [0, 0.05) is 22.4 Å². The van der Waals surface area contributed by atoms with E-state index in [0.717, 1.165) is 18.4 Å². The van der Waals surface area contributed by atoms with E-state index in [2.05, 4.69) is 17.2 Å². The van der Waals surface area contributed by atoms with Crippen molar-refractivity contribution in [2.75, 3.05) is 5.75 Å². The zero-order valence-electron chi connectivity index (χ0n) is 15.3. The molecule has 1 amide bonds. The molecule has 0 unspecified atom stereocenters. The largest absolute Gasteiger partial charge is 0.441 e. The second kappa shape index (κ2) is 8.94. The minimum Gasteiger partial charge on any atom is -0.441 e. The minimum atomic E-state index is -1.31. The maximum Gasteiger partial charge on any atom is 0.232 e. The fourth-order valence-electron chi connectivity index (χ4n) is 2.34. The van der Waals surface area contributed by atoms with E-state index in [1.807, 2.05) is 45.0 Å². The molecule has 0 saturated heterocycles. The fourth-order valence-corrected chi connectivity index (χ4v) is 3.39. The smallest absolute Gasteiger partial charge is 0.232 e. The first-order valence-electron chi connectivity index (χ1n) is 8.62. The monoisotopic (exact) mass is 362 g/mol. The molecule has 0 aliphatic carbocycles. The number of aromatic nitrogens is 1. The van der Waals surface area contributed by atoms with Crippen LogP contribution in [0.2, 0.25) is 0 Å². The Morgan fingerprint density at radius 1 is 1.28 bits per heavy atom. The van der Waals surface area contributed by atoms with Crippen LogP contribution in [0.1, 0.15) is 44.2 Å². The number of aryl methyl sites for hydroxylation is 2. The van der Waals surface area contributed by atoms with Crippen LogP contribution in [-0.2, 0) is 27.8 Å². The molecule has 1 aromatic carbocycles. The lowest BCUT2D eigenvalue weighted by Gasteiger charge is -2.10. The summed E-state index contributed by atoms with van der Waals surface area (Å²) in [5.41, 5.74) is 2.79. The molecule has 1 aromatic heterocycles. The van der Waals surface area contributed by atoms with Gasteiger partial charge in [0.2, 0.25) is 11.8 Å². The molecule has 0 radical (unpaired) electrons. The van der Waals surface area contributed by atoms with Crippen molar-refractivity contribution < 1.29 is 13.4 Å². The van der Waals surface area contributed by atoms with Gasteiger partial charge >= 0.3 is 0 Å². The number of rotatable bonds is 8.